The number of halogens is 4. The van der Waals surface area contributed by atoms with Crippen molar-refractivity contribution in [3.05, 3.63) is 118 Å². The van der Waals surface area contributed by atoms with Crippen LogP contribution in [0.15, 0.2) is 89.8 Å². The molecule has 12 heteroatoms. The topological polar surface area (TPSA) is 87.1 Å². The second kappa shape index (κ2) is 11.8. The molecule has 4 heterocycles. The molecule has 0 saturated carbocycles. The monoisotopic (exact) mass is 702 g/mol. The Morgan fingerprint density at radius 2 is 1.81 bits per heavy atom. The molecular weight excluding hydrogens is 673 g/mol. The summed E-state index contributed by atoms with van der Waals surface area (Å²) < 4.78 is 42.7. The molecule has 1 N–H and O–H groups in total. The molecule has 0 radical (unpaired) electrons. The third-order valence-corrected chi connectivity index (χ3v) is 9.82. The van der Waals surface area contributed by atoms with Crippen molar-refractivity contribution in [1.82, 2.24) is 24.6 Å². The van der Waals surface area contributed by atoms with Gasteiger partial charge in [0.05, 0.1) is 41.4 Å². The van der Waals surface area contributed by atoms with Crippen LogP contribution in [-0.2, 0) is 17.4 Å². The van der Waals surface area contributed by atoms with Gasteiger partial charge in [0, 0.05) is 45.9 Å². The van der Waals surface area contributed by atoms with Gasteiger partial charge in [0.25, 0.3) is 5.91 Å². The van der Waals surface area contributed by atoms with E-state index in [-0.39, 0.29) is 22.5 Å². The Labute approximate surface area is 277 Å². The van der Waals surface area contributed by atoms with Crippen molar-refractivity contribution >= 4 is 39.2 Å². The lowest BCUT2D eigenvalue weighted by atomic mass is 9.84. The average molecular weight is 704 g/mol. The van der Waals surface area contributed by atoms with Gasteiger partial charge in [-0.15, -0.1) is 0 Å². The Balaban J connectivity index is 1.27. The fourth-order valence-corrected chi connectivity index (χ4v) is 7.23. The number of anilines is 2. The maximum Gasteiger partial charge on any atom is 0.417 e. The predicted molar refractivity (Wildman–Crippen MR) is 174 cm³/mol. The van der Waals surface area contributed by atoms with E-state index in [1.807, 2.05) is 73.1 Å². The minimum Gasteiger partial charge on any atom is -0.348 e. The fraction of sp³-hybridized carbons (Fsp3) is 0.257. The van der Waals surface area contributed by atoms with Gasteiger partial charge in [-0.05, 0) is 56.2 Å². The first-order chi connectivity index (χ1) is 22.5. The van der Waals surface area contributed by atoms with Crippen molar-refractivity contribution in [2.24, 2.45) is 5.92 Å². The number of fused-ring (bicyclic) bond motifs is 3. The first-order valence-corrected chi connectivity index (χ1v) is 16.0. The van der Waals surface area contributed by atoms with E-state index in [1.165, 1.54) is 12.1 Å². The third-order valence-electron chi connectivity index (χ3n) is 9.13. The van der Waals surface area contributed by atoms with E-state index in [1.54, 1.807) is 22.3 Å². The minimum atomic E-state index is -4.62. The molecule has 1 fully saturated rings. The number of aromatic nitrogens is 4. The number of carbonyl (C=O) groups excluding carboxylic acids is 2. The smallest absolute Gasteiger partial charge is 0.348 e. The summed E-state index contributed by atoms with van der Waals surface area (Å²) >= 11 is 2.96. The third kappa shape index (κ3) is 5.54. The number of piperidine rings is 1. The molecule has 2 amide bonds. The zero-order valence-corrected chi connectivity index (χ0v) is 27.1. The van der Waals surface area contributed by atoms with Gasteiger partial charge >= 0.3 is 6.18 Å². The Morgan fingerprint density at radius 3 is 2.49 bits per heavy atom. The van der Waals surface area contributed by atoms with Crippen LogP contribution in [0.5, 0.6) is 0 Å². The number of imidazole rings is 1. The summed E-state index contributed by atoms with van der Waals surface area (Å²) in [7, 11) is 0. The molecule has 8 nitrogen and oxygen atoms in total. The highest BCUT2D eigenvalue weighted by Crippen LogP contribution is 2.45. The summed E-state index contributed by atoms with van der Waals surface area (Å²) in [6.07, 6.45) is -0.361. The molecule has 0 aliphatic carbocycles. The molecule has 3 atom stereocenters. The molecule has 0 bridgehead atoms. The number of H-pyrrole nitrogens is 1. The van der Waals surface area contributed by atoms with Crippen molar-refractivity contribution in [3.8, 4) is 11.3 Å². The van der Waals surface area contributed by atoms with Crippen molar-refractivity contribution in [3.63, 3.8) is 0 Å². The van der Waals surface area contributed by atoms with Gasteiger partial charge in [-0.3, -0.25) is 14.5 Å². The Bertz CT molecular complexity index is 1970. The highest BCUT2D eigenvalue weighted by molar-refractivity contribution is 9.10. The predicted octanol–water partition coefficient (Wildman–Crippen LogP) is 7.72. The number of hydrogen-bond donors (Lipinski definition) is 1. The molecule has 240 valence electrons. The van der Waals surface area contributed by atoms with E-state index < -0.39 is 35.6 Å². The van der Waals surface area contributed by atoms with Crippen LogP contribution in [0.2, 0.25) is 0 Å². The highest BCUT2D eigenvalue weighted by Gasteiger charge is 2.48. The molecule has 2 aromatic heterocycles. The van der Waals surface area contributed by atoms with Crippen LogP contribution < -0.4 is 4.90 Å². The highest BCUT2D eigenvalue weighted by atomic mass is 79.9. The standard InChI is InChI=1S/C35H30BrF3N6O2/c1-20-14-27-30(18-43(20)33(46)24-10-13-29(36)28(16-24)35(37,38)39)45-32(25(17-42-45)15-22-6-4-3-5-7-22)44(34(27)47)26-11-8-23(9-12-26)31-21(2)40-19-41-31/h3-13,16-17,19-20,27,30H,14-15,18H2,1-2H3,(H,40,41)/t20-,27?,30?/m0/s1. The van der Waals surface area contributed by atoms with Crippen LogP contribution in [0.4, 0.5) is 24.7 Å². The lowest BCUT2D eigenvalue weighted by Gasteiger charge is -2.47. The van der Waals surface area contributed by atoms with Gasteiger partial charge in [-0.1, -0.05) is 58.4 Å². The van der Waals surface area contributed by atoms with Gasteiger partial charge in [-0.25, -0.2) is 9.67 Å². The molecule has 2 aliphatic heterocycles. The molecular formula is C35H30BrF3N6O2. The molecule has 5 aromatic rings. The van der Waals surface area contributed by atoms with Crippen molar-refractivity contribution < 1.29 is 22.8 Å². The second-order valence-corrected chi connectivity index (χ2v) is 13.0. The van der Waals surface area contributed by atoms with Crippen LogP contribution in [0.25, 0.3) is 11.3 Å². The summed E-state index contributed by atoms with van der Waals surface area (Å²) in [5.74, 6) is -0.516. The number of nitrogens with zero attached hydrogens (tertiary/aromatic N) is 5. The maximum absolute atomic E-state index is 14.5. The number of likely N-dealkylation sites (tertiary alicyclic amines) is 1. The van der Waals surface area contributed by atoms with Crippen LogP contribution in [0, 0.1) is 12.8 Å². The van der Waals surface area contributed by atoms with E-state index in [0.717, 1.165) is 34.1 Å². The van der Waals surface area contributed by atoms with Gasteiger partial charge in [0.15, 0.2) is 0 Å². The summed E-state index contributed by atoms with van der Waals surface area (Å²) in [5, 5.41) is 4.78. The number of rotatable bonds is 5. The molecule has 1 saturated heterocycles. The van der Waals surface area contributed by atoms with Crippen LogP contribution in [0.3, 0.4) is 0 Å². The van der Waals surface area contributed by atoms with Gasteiger partial charge in [-0.2, -0.15) is 18.3 Å². The molecule has 2 aliphatic rings. The lowest BCUT2D eigenvalue weighted by molar-refractivity contribution is -0.138. The average Bonchev–Trinajstić information content (AvgIpc) is 3.67. The van der Waals surface area contributed by atoms with Crippen LogP contribution in [0.1, 0.15) is 52.1 Å². The summed E-state index contributed by atoms with van der Waals surface area (Å²) in [6.45, 7) is 3.90. The molecule has 7 rings (SSSR count). The van der Waals surface area contributed by atoms with E-state index in [9.17, 15) is 22.8 Å². The van der Waals surface area contributed by atoms with E-state index >= 15 is 0 Å². The zero-order chi connectivity index (χ0) is 33.0. The quantitative estimate of drug-likeness (QED) is 0.203. The molecule has 2 unspecified atom stereocenters. The minimum absolute atomic E-state index is 0.0627. The Hall–Kier alpha value is -4.71. The summed E-state index contributed by atoms with van der Waals surface area (Å²) in [6, 6.07) is 20.2. The number of carbonyl (C=O) groups is 2. The number of aryl methyl sites for hydroxylation is 1. The van der Waals surface area contributed by atoms with Gasteiger partial charge in [0.2, 0.25) is 5.91 Å². The van der Waals surface area contributed by atoms with Crippen molar-refractivity contribution in [2.75, 3.05) is 11.4 Å². The van der Waals surface area contributed by atoms with E-state index in [0.29, 0.717) is 24.3 Å². The van der Waals surface area contributed by atoms with E-state index in [4.69, 9.17) is 5.10 Å². The largest absolute Gasteiger partial charge is 0.417 e. The van der Waals surface area contributed by atoms with Crippen LogP contribution in [-0.4, -0.2) is 49.0 Å². The van der Waals surface area contributed by atoms with Crippen LogP contribution >= 0.6 is 15.9 Å². The maximum atomic E-state index is 14.5. The van der Waals surface area contributed by atoms with Crippen molar-refractivity contribution in [2.45, 2.75) is 44.9 Å². The summed E-state index contributed by atoms with van der Waals surface area (Å²) in [5.41, 5.74) is 4.27. The first kappa shape index (κ1) is 30.9. The Kier molecular flexibility index (Phi) is 7.78. The number of amides is 2. The first-order valence-electron chi connectivity index (χ1n) is 15.2. The molecule has 3 aromatic carbocycles. The molecule has 0 spiro atoms. The normalized spacial score (nSPS) is 19.4. The van der Waals surface area contributed by atoms with Gasteiger partial charge in [0.1, 0.15) is 5.82 Å². The number of nitrogens with one attached hydrogen (secondary N) is 1. The van der Waals surface area contributed by atoms with Gasteiger partial charge < -0.3 is 9.88 Å². The lowest BCUT2D eigenvalue weighted by Crippen LogP contribution is -2.56. The number of benzene rings is 3. The molecule has 47 heavy (non-hydrogen) atoms. The SMILES string of the molecule is Cc1[nH]cnc1-c1ccc(N2C(=O)C3C[C@H](C)N(C(=O)c4ccc(Br)c(C(F)(F)F)c4)CC3n3ncc(Cc4ccccc4)c32)cc1. The number of hydrogen-bond acceptors (Lipinski definition) is 4. The van der Waals surface area contributed by atoms with Crippen molar-refractivity contribution in [1.29, 1.82) is 0 Å². The number of alkyl halides is 3. The van der Waals surface area contributed by atoms with E-state index in [2.05, 4.69) is 25.9 Å². The number of aromatic amines is 1. The zero-order valence-electron chi connectivity index (χ0n) is 25.5. The fourth-order valence-electron chi connectivity index (χ4n) is 6.76. The Morgan fingerprint density at radius 1 is 1.06 bits per heavy atom. The second-order valence-electron chi connectivity index (χ2n) is 12.1. The summed E-state index contributed by atoms with van der Waals surface area (Å²) in [4.78, 5) is 39.1.